The Labute approximate surface area is 256 Å². The summed E-state index contributed by atoms with van der Waals surface area (Å²) in [6.07, 6.45) is 1.58. The van der Waals surface area contributed by atoms with Gasteiger partial charge in [-0.1, -0.05) is 66.7 Å². The first-order chi connectivity index (χ1) is 21.0. The molecular weight excluding hydrogens is 568 g/mol. The first-order valence-electron chi connectivity index (χ1n) is 14.6. The van der Waals surface area contributed by atoms with E-state index in [9.17, 15) is 19.8 Å². The molecule has 230 valence electrons. The molecule has 0 unspecified atom stereocenters. The molecule has 1 aliphatic heterocycles. The number of hydrogen-bond donors (Lipinski definition) is 5. The highest BCUT2D eigenvalue weighted by Gasteiger charge is 2.32. The Morgan fingerprint density at radius 2 is 1.56 bits per heavy atom. The quantitative estimate of drug-likeness (QED) is 0.0943. The van der Waals surface area contributed by atoms with Crippen molar-refractivity contribution in [2.24, 2.45) is 0 Å². The number of rotatable bonds is 15. The van der Waals surface area contributed by atoms with Gasteiger partial charge in [-0.25, -0.2) is 5.48 Å². The Hall–Kier alpha value is -3.25. The van der Waals surface area contributed by atoms with Gasteiger partial charge in [0.25, 0.3) is 0 Å². The van der Waals surface area contributed by atoms with Crippen molar-refractivity contribution in [3.05, 3.63) is 95.1 Å². The summed E-state index contributed by atoms with van der Waals surface area (Å²) in [5.74, 6) is 0.885. The van der Waals surface area contributed by atoms with E-state index in [0.717, 1.165) is 39.1 Å². The van der Waals surface area contributed by atoms with Gasteiger partial charge in [0.05, 0.1) is 25.4 Å². The predicted molar refractivity (Wildman–Crippen MR) is 165 cm³/mol. The number of nitrogens with one attached hydrogen (secondary N) is 2. The molecule has 0 aliphatic carbocycles. The number of carbonyl (C=O) groups excluding carboxylic acids is 2. The number of aliphatic hydroxyl groups excluding tert-OH is 2. The molecule has 0 radical (unpaired) electrons. The van der Waals surface area contributed by atoms with Gasteiger partial charge in [-0.05, 0) is 46.7 Å². The van der Waals surface area contributed by atoms with Crippen LogP contribution in [0.25, 0.3) is 11.1 Å². The Kier molecular flexibility index (Phi) is 13.0. The molecule has 3 aromatic carbocycles. The van der Waals surface area contributed by atoms with Gasteiger partial charge in [-0.3, -0.25) is 14.8 Å². The summed E-state index contributed by atoms with van der Waals surface area (Å²) < 4.78 is 12.8. The summed E-state index contributed by atoms with van der Waals surface area (Å²) in [5.41, 5.74) is 7.43. The van der Waals surface area contributed by atoms with Crippen molar-refractivity contribution in [1.29, 1.82) is 0 Å². The van der Waals surface area contributed by atoms with Crippen LogP contribution in [-0.4, -0.2) is 51.5 Å². The normalized spacial score (nSPS) is 18.3. The van der Waals surface area contributed by atoms with Crippen molar-refractivity contribution < 1.29 is 34.5 Å². The maximum Gasteiger partial charge on any atom is 0.243 e. The van der Waals surface area contributed by atoms with Crippen LogP contribution >= 0.6 is 11.8 Å². The summed E-state index contributed by atoms with van der Waals surface area (Å²) in [4.78, 5) is 23.3. The highest BCUT2D eigenvalue weighted by Crippen LogP contribution is 2.39. The second-order valence-corrected chi connectivity index (χ2v) is 11.6. The fourth-order valence-electron chi connectivity index (χ4n) is 4.91. The average Bonchev–Trinajstić information content (AvgIpc) is 3.06. The third-order valence-corrected chi connectivity index (χ3v) is 8.35. The monoisotopic (exact) mass is 608 g/mol. The lowest BCUT2D eigenvalue weighted by Gasteiger charge is -2.36. The molecule has 1 saturated heterocycles. The summed E-state index contributed by atoms with van der Waals surface area (Å²) in [7, 11) is 0. The topological polar surface area (TPSA) is 137 Å². The van der Waals surface area contributed by atoms with E-state index in [0.29, 0.717) is 38.0 Å². The van der Waals surface area contributed by atoms with E-state index >= 15 is 0 Å². The number of aliphatic hydroxyl groups is 2. The molecule has 3 aromatic rings. The maximum absolute atomic E-state index is 12.2. The minimum Gasteiger partial charge on any atom is -0.396 e. The molecule has 0 spiro atoms. The van der Waals surface area contributed by atoms with E-state index in [4.69, 9.17) is 14.7 Å². The van der Waals surface area contributed by atoms with Gasteiger partial charge in [0.1, 0.15) is 0 Å². The van der Waals surface area contributed by atoms with E-state index in [1.54, 1.807) is 17.2 Å². The number of hydrogen-bond acceptors (Lipinski definition) is 8. The fourth-order valence-corrected chi connectivity index (χ4v) is 5.68. The highest BCUT2D eigenvalue weighted by molar-refractivity contribution is 7.99. The molecular formula is C33H40N2O7S. The van der Waals surface area contributed by atoms with Crippen LogP contribution in [0.3, 0.4) is 0 Å². The van der Waals surface area contributed by atoms with Gasteiger partial charge in [-0.2, -0.15) is 11.8 Å². The summed E-state index contributed by atoms with van der Waals surface area (Å²) >= 11 is 1.66. The number of amides is 2. The maximum atomic E-state index is 12.2. The lowest BCUT2D eigenvalue weighted by Crippen LogP contribution is -2.31. The Balaban J connectivity index is 1.37. The molecule has 1 heterocycles. The minimum absolute atomic E-state index is 0.00307. The van der Waals surface area contributed by atoms with Crippen molar-refractivity contribution in [3.8, 4) is 11.1 Å². The Morgan fingerprint density at radius 3 is 2.26 bits per heavy atom. The second-order valence-electron chi connectivity index (χ2n) is 10.5. The molecule has 3 atom stereocenters. The van der Waals surface area contributed by atoms with Crippen molar-refractivity contribution in [2.75, 3.05) is 18.1 Å². The minimum atomic E-state index is -0.537. The predicted octanol–water partition coefficient (Wildman–Crippen LogP) is 4.80. The zero-order chi connectivity index (χ0) is 30.4. The first kappa shape index (κ1) is 32.7. The molecule has 0 saturated carbocycles. The molecule has 43 heavy (non-hydrogen) atoms. The molecule has 1 aliphatic rings. The zero-order valence-corrected chi connectivity index (χ0v) is 24.9. The van der Waals surface area contributed by atoms with Crippen LogP contribution in [0.2, 0.25) is 0 Å². The van der Waals surface area contributed by atoms with Gasteiger partial charge in [0, 0.05) is 42.9 Å². The lowest BCUT2D eigenvalue weighted by atomic mass is 9.99. The molecule has 9 nitrogen and oxygen atoms in total. The smallest absolute Gasteiger partial charge is 0.243 e. The lowest BCUT2D eigenvalue weighted by molar-refractivity contribution is -0.245. The largest absolute Gasteiger partial charge is 0.396 e. The van der Waals surface area contributed by atoms with Crippen molar-refractivity contribution in [3.63, 3.8) is 0 Å². The standard InChI is InChI=1S/C33H40N2O7S/c36-16-17-43-22-29-19-30(26-10-8-23(21-37)9-11-26)42-33(41-29)27-14-12-25(13-15-27)28-5-3-4-24(18-28)20-34-31(38)6-1-2-7-32(39)35-40/h3-5,8-15,18,29-30,33,36-37,40H,1-2,6-7,16-17,19-22H2,(H,34,38)(H,35,39)/t29-,30+,33+/m0/s1. The molecule has 4 rings (SSSR count). The van der Waals surface area contributed by atoms with Crippen LogP contribution in [0, 0.1) is 0 Å². The summed E-state index contributed by atoms with van der Waals surface area (Å²) in [6, 6.07) is 23.9. The molecule has 0 aromatic heterocycles. The van der Waals surface area contributed by atoms with Crippen molar-refractivity contribution in [1.82, 2.24) is 10.8 Å². The van der Waals surface area contributed by atoms with E-state index in [-0.39, 0.29) is 37.7 Å². The van der Waals surface area contributed by atoms with E-state index in [1.807, 2.05) is 66.7 Å². The van der Waals surface area contributed by atoms with Gasteiger partial charge >= 0.3 is 0 Å². The second kappa shape index (κ2) is 17.1. The van der Waals surface area contributed by atoms with Gasteiger partial charge in [-0.15, -0.1) is 0 Å². The van der Waals surface area contributed by atoms with Crippen LogP contribution < -0.4 is 10.8 Å². The number of hydroxylamine groups is 1. The number of thioether (sulfide) groups is 1. The summed E-state index contributed by atoms with van der Waals surface area (Å²) in [5, 5.41) is 30.1. The van der Waals surface area contributed by atoms with Gasteiger partial charge in [0.15, 0.2) is 6.29 Å². The highest BCUT2D eigenvalue weighted by atomic mass is 32.2. The van der Waals surface area contributed by atoms with E-state index < -0.39 is 12.2 Å². The number of ether oxygens (including phenoxy) is 2. The van der Waals surface area contributed by atoms with Crippen LogP contribution in [0.1, 0.15) is 66.8 Å². The average molecular weight is 609 g/mol. The Morgan fingerprint density at radius 1 is 0.837 bits per heavy atom. The fraction of sp³-hybridized carbons (Fsp3) is 0.394. The molecule has 5 N–H and O–H groups in total. The molecule has 10 heteroatoms. The first-order valence-corrected chi connectivity index (χ1v) is 15.7. The van der Waals surface area contributed by atoms with Gasteiger partial charge < -0.3 is 25.0 Å². The third kappa shape index (κ3) is 10.2. The zero-order valence-electron chi connectivity index (χ0n) is 24.1. The SMILES string of the molecule is O=C(CCCCC(=O)NCc1cccc(-c2ccc([C@@H]3O[C@H](CSCCO)C[C@H](c4ccc(CO)cc4)O3)cc2)c1)NO. The third-order valence-electron chi connectivity index (χ3n) is 7.27. The van der Waals surface area contributed by atoms with E-state index in [1.165, 1.54) is 0 Å². The molecule has 0 bridgehead atoms. The van der Waals surface area contributed by atoms with Crippen LogP contribution in [0.15, 0.2) is 72.8 Å². The summed E-state index contributed by atoms with van der Waals surface area (Å²) in [6.45, 7) is 0.532. The number of benzene rings is 3. The number of carbonyl (C=O) groups is 2. The van der Waals surface area contributed by atoms with Crippen LogP contribution in [0.5, 0.6) is 0 Å². The van der Waals surface area contributed by atoms with Crippen molar-refractivity contribution in [2.45, 2.75) is 63.8 Å². The molecule has 2 amide bonds. The van der Waals surface area contributed by atoms with Gasteiger partial charge in [0.2, 0.25) is 11.8 Å². The van der Waals surface area contributed by atoms with Crippen LogP contribution in [-0.2, 0) is 32.2 Å². The van der Waals surface area contributed by atoms with Crippen LogP contribution in [0.4, 0.5) is 0 Å². The number of unbranched alkanes of at least 4 members (excludes halogenated alkanes) is 1. The van der Waals surface area contributed by atoms with E-state index in [2.05, 4.69) is 11.4 Å². The Bertz CT molecular complexity index is 1300. The molecule has 1 fully saturated rings. The van der Waals surface area contributed by atoms with Crippen molar-refractivity contribution >= 4 is 23.6 Å².